The van der Waals surface area contributed by atoms with Gasteiger partial charge in [-0.1, -0.05) is 11.6 Å². The maximum absolute atomic E-state index is 12.3. The Labute approximate surface area is 159 Å². The molecule has 0 amide bonds. The average molecular weight is 382 g/mol. The van der Waals surface area contributed by atoms with E-state index in [4.69, 9.17) is 16.0 Å². The fourth-order valence-corrected chi connectivity index (χ4v) is 3.82. The number of Topliss-reactive ketones (excluding diaryl/α,β-unsaturated/α-hetero) is 1. The number of carbonyl (C=O) groups is 2. The Balaban J connectivity index is 2.15. The van der Waals surface area contributed by atoms with Crippen LogP contribution in [0.1, 0.15) is 39.1 Å². The summed E-state index contributed by atoms with van der Waals surface area (Å²) in [6.45, 7) is 5.13. The molecular weight excluding hydrogens is 366 g/mol. The van der Waals surface area contributed by atoms with Crippen LogP contribution in [0.15, 0.2) is 40.8 Å². The van der Waals surface area contributed by atoms with E-state index in [2.05, 4.69) is 0 Å². The van der Waals surface area contributed by atoms with E-state index in [1.54, 1.807) is 25.1 Å². The van der Waals surface area contributed by atoms with Gasteiger partial charge in [0.25, 0.3) is 0 Å². The van der Waals surface area contributed by atoms with Gasteiger partial charge in [-0.3, -0.25) is 4.79 Å². The predicted molar refractivity (Wildman–Crippen MR) is 104 cm³/mol. The van der Waals surface area contributed by atoms with Gasteiger partial charge < -0.3 is 14.1 Å². The quantitative estimate of drug-likeness (QED) is 0.472. The number of aromatic nitrogens is 1. The zero-order chi connectivity index (χ0) is 19.5. The topological polar surface area (TPSA) is 72.4 Å². The van der Waals surface area contributed by atoms with Crippen molar-refractivity contribution in [3.8, 4) is 5.69 Å². The summed E-state index contributed by atoms with van der Waals surface area (Å²) in [7, 11) is 0. The summed E-state index contributed by atoms with van der Waals surface area (Å²) in [5.41, 5.74) is 4.09. The lowest BCUT2D eigenvalue weighted by molar-refractivity contribution is 0.0663. The van der Waals surface area contributed by atoms with Crippen LogP contribution in [0.3, 0.4) is 0 Å². The molecule has 0 spiro atoms. The Hall–Kier alpha value is -3.05. The number of rotatable bonds is 3. The molecule has 0 saturated heterocycles. The highest BCUT2D eigenvalue weighted by Crippen LogP contribution is 2.36. The van der Waals surface area contributed by atoms with Gasteiger partial charge >= 0.3 is 5.97 Å². The second-order valence-electron chi connectivity index (χ2n) is 6.56. The zero-order valence-corrected chi connectivity index (χ0v) is 15.7. The molecule has 0 unspecified atom stereocenters. The number of furan rings is 1. The SMILES string of the molecule is CC(=O)c1c(C)n(-c2ccc(Cl)cc2)c2cc3c(C)c(C(=O)O)oc3cc12. The number of hydrogen-bond acceptors (Lipinski definition) is 3. The maximum Gasteiger partial charge on any atom is 0.372 e. The maximum atomic E-state index is 12.3. The van der Waals surface area contributed by atoms with Gasteiger partial charge in [0.05, 0.1) is 5.52 Å². The van der Waals surface area contributed by atoms with Crippen LogP contribution < -0.4 is 0 Å². The van der Waals surface area contributed by atoms with Crippen molar-refractivity contribution in [2.75, 3.05) is 0 Å². The first-order chi connectivity index (χ1) is 12.8. The molecule has 0 radical (unpaired) electrons. The van der Waals surface area contributed by atoms with Gasteiger partial charge in [0, 0.05) is 38.3 Å². The van der Waals surface area contributed by atoms with E-state index in [9.17, 15) is 14.7 Å². The number of hydrogen-bond donors (Lipinski definition) is 1. The lowest BCUT2D eigenvalue weighted by atomic mass is 10.1. The highest BCUT2D eigenvalue weighted by Gasteiger charge is 2.23. The molecule has 1 N–H and O–H groups in total. The van der Waals surface area contributed by atoms with Crippen LogP contribution in [0.25, 0.3) is 27.6 Å². The largest absolute Gasteiger partial charge is 0.475 e. The Morgan fingerprint density at radius 2 is 1.74 bits per heavy atom. The summed E-state index contributed by atoms with van der Waals surface area (Å²) in [5.74, 6) is -1.26. The first-order valence-corrected chi connectivity index (χ1v) is 8.75. The lowest BCUT2D eigenvalue weighted by Crippen LogP contribution is -1.99. The van der Waals surface area contributed by atoms with Crippen LogP contribution in [-0.4, -0.2) is 21.4 Å². The smallest absolute Gasteiger partial charge is 0.372 e. The monoisotopic (exact) mass is 381 g/mol. The van der Waals surface area contributed by atoms with Crippen LogP contribution in [0.4, 0.5) is 0 Å². The Kier molecular flexibility index (Phi) is 3.86. The van der Waals surface area contributed by atoms with Crippen molar-refractivity contribution in [3.05, 3.63) is 64.0 Å². The zero-order valence-electron chi connectivity index (χ0n) is 15.0. The van der Waals surface area contributed by atoms with E-state index in [-0.39, 0.29) is 11.5 Å². The minimum atomic E-state index is -1.11. The Morgan fingerprint density at radius 1 is 1.07 bits per heavy atom. The summed E-state index contributed by atoms with van der Waals surface area (Å²) >= 11 is 6.01. The summed E-state index contributed by atoms with van der Waals surface area (Å²) in [4.78, 5) is 23.7. The molecule has 2 aromatic heterocycles. The second-order valence-corrected chi connectivity index (χ2v) is 6.99. The van der Waals surface area contributed by atoms with Gasteiger partial charge in [0.15, 0.2) is 5.78 Å². The number of ketones is 1. The van der Waals surface area contributed by atoms with Crippen LogP contribution in [0.5, 0.6) is 0 Å². The van der Waals surface area contributed by atoms with Crippen molar-refractivity contribution in [2.45, 2.75) is 20.8 Å². The third-order valence-corrected chi connectivity index (χ3v) is 5.15. The van der Waals surface area contributed by atoms with E-state index >= 15 is 0 Å². The minimum absolute atomic E-state index is 0.0636. The van der Waals surface area contributed by atoms with Gasteiger partial charge in [0.1, 0.15) is 5.58 Å². The molecule has 0 saturated carbocycles. The number of nitrogens with zero attached hydrogens (tertiary/aromatic N) is 1. The van der Waals surface area contributed by atoms with Crippen molar-refractivity contribution in [3.63, 3.8) is 0 Å². The van der Waals surface area contributed by atoms with Gasteiger partial charge in [-0.05, 0) is 57.2 Å². The van der Waals surface area contributed by atoms with Crippen LogP contribution in [0, 0.1) is 13.8 Å². The van der Waals surface area contributed by atoms with Crippen molar-refractivity contribution >= 4 is 45.2 Å². The number of aryl methyl sites for hydroxylation is 1. The molecule has 5 nitrogen and oxygen atoms in total. The number of fused-ring (bicyclic) bond motifs is 2. The molecule has 4 aromatic rings. The Bertz CT molecular complexity index is 1250. The van der Waals surface area contributed by atoms with Crippen molar-refractivity contribution in [2.24, 2.45) is 0 Å². The molecule has 4 rings (SSSR count). The van der Waals surface area contributed by atoms with E-state index in [0.717, 1.165) is 22.3 Å². The molecule has 0 aliphatic rings. The molecule has 27 heavy (non-hydrogen) atoms. The molecule has 0 aliphatic carbocycles. The molecule has 0 fully saturated rings. The number of carboxylic acid groups (broad SMARTS) is 1. The van der Waals surface area contributed by atoms with Crippen LogP contribution in [-0.2, 0) is 0 Å². The van der Waals surface area contributed by atoms with Gasteiger partial charge in [-0.25, -0.2) is 4.79 Å². The first kappa shape index (κ1) is 17.4. The number of aromatic carboxylic acids is 1. The van der Waals surface area contributed by atoms with Crippen molar-refractivity contribution in [1.82, 2.24) is 4.57 Å². The van der Waals surface area contributed by atoms with E-state index in [1.807, 2.05) is 29.7 Å². The highest BCUT2D eigenvalue weighted by molar-refractivity contribution is 6.30. The van der Waals surface area contributed by atoms with Crippen molar-refractivity contribution in [1.29, 1.82) is 0 Å². The minimum Gasteiger partial charge on any atom is -0.475 e. The van der Waals surface area contributed by atoms with Crippen molar-refractivity contribution < 1.29 is 19.1 Å². The summed E-state index contributed by atoms with van der Waals surface area (Å²) in [6.07, 6.45) is 0. The normalized spacial score (nSPS) is 11.4. The van der Waals surface area contributed by atoms with E-state index in [1.165, 1.54) is 6.92 Å². The molecule has 0 bridgehead atoms. The fraction of sp³-hybridized carbons (Fsp3) is 0.143. The third-order valence-electron chi connectivity index (χ3n) is 4.89. The molecule has 0 atom stereocenters. The number of carboxylic acids is 1. The first-order valence-electron chi connectivity index (χ1n) is 8.38. The standard InChI is InChI=1S/C21H16ClNO4/c1-10-15-8-17-16(9-18(15)27-20(10)21(25)26)19(12(3)24)11(2)23(17)14-6-4-13(22)5-7-14/h4-9H,1-3H3,(H,25,26). The summed E-state index contributed by atoms with van der Waals surface area (Å²) < 4.78 is 7.52. The Morgan fingerprint density at radius 3 is 2.33 bits per heavy atom. The summed E-state index contributed by atoms with van der Waals surface area (Å²) in [5, 5.41) is 11.4. The number of halogens is 1. The highest BCUT2D eigenvalue weighted by atomic mass is 35.5. The van der Waals surface area contributed by atoms with Gasteiger partial charge in [-0.15, -0.1) is 0 Å². The molecular formula is C21H16ClNO4. The number of benzene rings is 2. The average Bonchev–Trinajstić information content (AvgIpc) is 3.08. The second kappa shape index (κ2) is 5.99. The van der Waals surface area contributed by atoms with E-state index in [0.29, 0.717) is 27.1 Å². The molecule has 2 heterocycles. The molecule has 6 heteroatoms. The fourth-order valence-electron chi connectivity index (χ4n) is 3.70. The van der Waals surface area contributed by atoms with Crippen LogP contribution >= 0.6 is 11.6 Å². The van der Waals surface area contributed by atoms with Gasteiger partial charge in [0.2, 0.25) is 5.76 Å². The molecule has 0 aliphatic heterocycles. The summed E-state index contributed by atoms with van der Waals surface area (Å²) in [6, 6.07) is 11.0. The third kappa shape index (κ3) is 2.54. The lowest BCUT2D eigenvalue weighted by Gasteiger charge is -2.09. The molecule has 2 aromatic carbocycles. The van der Waals surface area contributed by atoms with Gasteiger partial charge in [-0.2, -0.15) is 0 Å². The predicted octanol–water partition coefficient (Wildman–Crippen LogP) is 5.55. The molecule has 136 valence electrons. The van der Waals surface area contributed by atoms with E-state index < -0.39 is 5.97 Å². The number of carbonyl (C=O) groups excluding carboxylic acids is 1. The van der Waals surface area contributed by atoms with Crippen LogP contribution in [0.2, 0.25) is 5.02 Å².